The van der Waals surface area contributed by atoms with E-state index >= 15 is 0 Å². The molecule has 226 valence electrons. The van der Waals surface area contributed by atoms with Gasteiger partial charge in [-0.15, -0.1) is 0 Å². The third-order valence-corrected chi connectivity index (χ3v) is 8.30. The SMILES string of the molecule is NC(Cn1cccc1)C(=O)NCCCOCCOCCOCCCNC(=O)CCCCC1SCC2NC(=O)NC21. The van der Waals surface area contributed by atoms with E-state index in [1.54, 1.807) is 0 Å². The number of nitrogens with zero attached hydrogens (tertiary/aromatic N) is 1. The summed E-state index contributed by atoms with van der Waals surface area (Å²) in [7, 11) is 0. The molecule has 3 heterocycles. The average molecular weight is 583 g/mol. The largest absolute Gasteiger partial charge is 0.379 e. The highest BCUT2D eigenvalue weighted by atomic mass is 32.2. The van der Waals surface area contributed by atoms with Gasteiger partial charge >= 0.3 is 6.03 Å². The number of unbranched alkanes of at least 4 members (excludes halogenated alkanes) is 1. The molecule has 2 saturated heterocycles. The Kier molecular flexibility index (Phi) is 15.2. The highest BCUT2D eigenvalue weighted by molar-refractivity contribution is 8.00. The van der Waals surface area contributed by atoms with Gasteiger partial charge in [0, 0.05) is 62.7 Å². The Morgan fingerprint density at radius 1 is 0.950 bits per heavy atom. The van der Waals surface area contributed by atoms with Gasteiger partial charge in [-0.1, -0.05) is 6.42 Å². The van der Waals surface area contributed by atoms with Gasteiger partial charge in [0.15, 0.2) is 0 Å². The molecule has 13 heteroatoms. The molecule has 4 atom stereocenters. The molecule has 0 spiro atoms. The zero-order valence-corrected chi connectivity index (χ0v) is 24.1. The molecule has 2 fully saturated rings. The lowest BCUT2D eigenvalue weighted by Gasteiger charge is -2.16. The maximum absolute atomic E-state index is 12.0. The molecule has 1 aromatic rings. The Morgan fingerprint density at radius 3 is 2.30 bits per heavy atom. The van der Waals surface area contributed by atoms with Gasteiger partial charge in [0.05, 0.1) is 38.5 Å². The number of rotatable bonds is 22. The van der Waals surface area contributed by atoms with E-state index in [1.165, 1.54) is 0 Å². The van der Waals surface area contributed by atoms with Crippen LogP contribution in [0.25, 0.3) is 0 Å². The number of amides is 4. The second kappa shape index (κ2) is 18.9. The van der Waals surface area contributed by atoms with E-state index in [4.69, 9.17) is 19.9 Å². The van der Waals surface area contributed by atoms with Crippen molar-refractivity contribution in [3.63, 3.8) is 0 Å². The Morgan fingerprint density at radius 2 is 1.60 bits per heavy atom. The van der Waals surface area contributed by atoms with Gasteiger partial charge < -0.3 is 45.8 Å². The van der Waals surface area contributed by atoms with Crippen molar-refractivity contribution >= 4 is 29.6 Å². The standard InChI is InChI=1S/C27H46N6O6S/c28-21(19-33-11-3-4-12-33)26(35)30-10-6-14-38-16-18-39-17-15-37-13-5-9-29-24(34)8-2-1-7-23-25-22(20-40-23)31-27(36)32-25/h3-4,11-12,21-23,25H,1-2,5-10,13-20,28H2,(H,29,34)(H,30,35)(H2,31,32,36). The average Bonchev–Trinajstić information content (AvgIpc) is 3.67. The molecule has 0 saturated carbocycles. The summed E-state index contributed by atoms with van der Waals surface area (Å²) in [6.45, 7) is 4.66. The highest BCUT2D eigenvalue weighted by Gasteiger charge is 2.42. The van der Waals surface area contributed by atoms with Crippen molar-refractivity contribution in [2.24, 2.45) is 5.73 Å². The normalized spacial score (nSPS) is 20.5. The molecule has 2 aliphatic rings. The lowest BCUT2D eigenvalue weighted by molar-refractivity contribution is -0.123. The zero-order valence-electron chi connectivity index (χ0n) is 23.3. The van der Waals surface area contributed by atoms with Crippen molar-refractivity contribution in [3.8, 4) is 0 Å². The van der Waals surface area contributed by atoms with Gasteiger partial charge in [-0.2, -0.15) is 11.8 Å². The lowest BCUT2D eigenvalue weighted by Crippen LogP contribution is -2.43. The minimum Gasteiger partial charge on any atom is -0.379 e. The molecule has 3 rings (SSSR count). The van der Waals surface area contributed by atoms with Crippen LogP contribution >= 0.6 is 11.8 Å². The number of carbonyl (C=O) groups excluding carboxylic acids is 3. The molecular weight excluding hydrogens is 536 g/mol. The third-order valence-electron chi connectivity index (χ3n) is 6.79. The summed E-state index contributed by atoms with van der Waals surface area (Å²) in [4.78, 5) is 35.4. The Bertz CT molecular complexity index is 876. The molecule has 0 aromatic carbocycles. The first-order valence-electron chi connectivity index (χ1n) is 14.4. The Labute approximate surface area is 241 Å². The van der Waals surface area contributed by atoms with Gasteiger partial charge in [0.1, 0.15) is 6.04 Å². The number of urea groups is 1. The molecule has 1 aromatic heterocycles. The fourth-order valence-corrected chi connectivity index (χ4v) is 6.17. The van der Waals surface area contributed by atoms with Crippen LogP contribution in [0.4, 0.5) is 4.79 Å². The number of nitrogens with two attached hydrogens (primary N) is 1. The van der Waals surface area contributed by atoms with E-state index in [-0.39, 0.29) is 29.9 Å². The molecule has 40 heavy (non-hydrogen) atoms. The van der Waals surface area contributed by atoms with E-state index in [0.29, 0.717) is 77.4 Å². The third kappa shape index (κ3) is 12.5. The molecular formula is C27H46N6O6S. The van der Waals surface area contributed by atoms with Crippen molar-refractivity contribution in [3.05, 3.63) is 24.5 Å². The van der Waals surface area contributed by atoms with Crippen LogP contribution < -0.4 is 27.0 Å². The summed E-state index contributed by atoms with van der Waals surface area (Å²) in [6.07, 6.45) is 8.63. The summed E-state index contributed by atoms with van der Waals surface area (Å²) in [5, 5.41) is 12.2. The minimum absolute atomic E-state index is 0.0562. The second-order valence-corrected chi connectivity index (χ2v) is 11.3. The molecule has 0 bridgehead atoms. The molecule has 4 amide bonds. The zero-order chi connectivity index (χ0) is 28.4. The van der Waals surface area contributed by atoms with Crippen LogP contribution in [0.5, 0.6) is 0 Å². The summed E-state index contributed by atoms with van der Waals surface area (Å²) < 4.78 is 18.4. The van der Waals surface area contributed by atoms with Gasteiger partial charge in [-0.3, -0.25) is 9.59 Å². The first-order chi connectivity index (χ1) is 19.5. The van der Waals surface area contributed by atoms with Crippen molar-refractivity contribution in [1.82, 2.24) is 25.8 Å². The first-order valence-corrected chi connectivity index (χ1v) is 15.4. The summed E-state index contributed by atoms with van der Waals surface area (Å²) in [5.74, 6) is 0.880. The van der Waals surface area contributed by atoms with Crippen molar-refractivity contribution in [2.75, 3.05) is 58.5 Å². The quantitative estimate of drug-likeness (QED) is 0.0983. The molecule has 6 N–H and O–H groups in total. The summed E-state index contributed by atoms with van der Waals surface area (Å²) >= 11 is 1.91. The fraction of sp³-hybridized carbons (Fsp3) is 0.741. The van der Waals surface area contributed by atoms with Gasteiger partial charge in [-0.05, 0) is 37.8 Å². The molecule has 2 aliphatic heterocycles. The van der Waals surface area contributed by atoms with E-state index in [2.05, 4.69) is 21.3 Å². The van der Waals surface area contributed by atoms with Gasteiger partial charge in [0.2, 0.25) is 11.8 Å². The smallest absolute Gasteiger partial charge is 0.315 e. The van der Waals surface area contributed by atoms with Gasteiger partial charge in [0.25, 0.3) is 0 Å². The van der Waals surface area contributed by atoms with Crippen LogP contribution in [0, 0.1) is 0 Å². The van der Waals surface area contributed by atoms with Gasteiger partial charge in [-0.25, -0.2) is 4.79 Å². The first kappa shape index (κ1) is 32.2. The summed E-state index contributed by atoms with van der Waals surface area (Å²) in [6, 6.07) is 3.65. The number of ether oxygens (including phenoxy) is 3. The van der Waals surface area contributed by atoms with E-state index < -0.39 is 6.04 Å². The maximum atomic E-state index is 12.0. The lowest BCUT2D eigenvalue weighted by atomic mass is 10.0. The highest BCUT2D eigenvalue weighted by Crippen LogP contribution is 2.33. The van der Waals surface area contributed by atoms with Crippen LogP contribution in [-0.4, -0.2) is 104 Å². The van der Waals surface area contributed by atoms with Crippen molar-refractivity contribution < 1.29 is 28.6 Å². The topological polar surface area (TPSA) is 158 Å². The van der Waals surface area contributed by atoms with Crippen LogP contribution in [0.3, 0.4) is 0 Å². The summed E-state index contributed by atoms with van der Waals surface area (Å²) in [5.41, 5.74) is 5.91. The number of aromatic nitrogens is 1. The predicted molar refractivity (Wildman–Crippen MR) is 154 cm³/mol. The van der Waals surface area contributed by atoms with E-state index in [0.717, 1.165) is 31.4 Å². The number of hydrogen-bond acceptors (Lipinski definition) is 8. The van der Waals surface area contributed by atoms with Crippen LogP contribution in [0.2, 0.25) is 0 Å². The molecule has 4 unspecified atom stereocenters. The second-order valence-electron chi connectivity index (χ2n) is 10.0. The number of hydrogen-bond donors (Lipinski definition) is 5. The monoisotopic (exact) mass is 582 g/mol. The van der Waals surface area contributed by atoms with E-state index in [1.807, 2.05) is 40.9 Å². The number of carbonyl (C=O) groups is 3. The number of fused-ring (bicyclic) bond motifs is 1. The molecule has 12 nitrogen and oxygen atoms in total. The minimum atomic E-state index is -0.574. The predicted octanol–water partition coefficient (Wildman–Crippen LogP) is 0.604. The fourth-order valence-electron chi connectivity index (χ4n) is 4.63. The van der Waals surface area contributed by atoms with Crippen molar-refractivity contribution in [1.29, 1.82) is 0 Å². The molecule has 0 radical (unpaired) electrons. The maximum Gasteiger partial charge on any atom is 0.315 e. The number of nitrogens with one attached hydrogen (secondary N) is 4. The van der Waals surface area contributed by atoms with E-state index in [9.17, 15) is 14.4 Å². The molecule has 0 aliphatic carbocycles. The van der Waals surface area contributed by atoms with Crippen molar-refractivity contribution in [2.45, 2.75) is 68.4 Å². The van der Waals surface area contributed by atoms with Crippen LogP contribution in [-0.2, 0) is 30.3 Å². The number of thioether (sulfide) groups is 1. The van der Waals surface area contributed by atoms with Crippen LogP contribution in [0.1, 0.15) is 38.5 Å². The Hall–Kier alpha value is -2.32. The van der Waals surface area contributed by atoms with Crippen LogP contribution in [0.15, 0.2) is 24.5 Å². The Balaban J connectivity index is 1.00.